The number of hydrogen-bond acceptors (Lipinski definition) is 3. The molecule has 0 amide bonds. The number of aromatic nitrogens is 1. The maximum atomic E-state index is 11.1. The van der Waals surface area contributed by atoms with Crippen LogP contribution in [0.4, 0.5) is 0 Å². The van der Waals surface area contributed by atoms with Crippen LogP contribution in [0.15, 0.2) is 12.7 Å². The first kappa shape index (κ1) is 11.9. The fourth-order valence-electron chi connectivity index (χ4n) is 1.16. The molecule has 1 heterocycles. The second-order valence-electron chi connectivity index (χ2n) is 3.85. The number of nitrogens with zero attached hydrogens (tertiary/aromatic N) is 1. The molecule has 1 aromatic heterocycles. The molecule has 0 radical (unpaired) electrons. The summed E-state index contributed by atoms with van der Waals surface area (Å²) in [4.78, 5) is 16.5. The molecule has 1 aromatic rings. The summed E-state index contributed by atoms with van der Waals surface area (Å²) in [5, 5.41) is 9.93. The minimum Gasteiger partial charge on any atom is -0.481 e. The van der Waals surface area contributed by atoms with Crippen LogP contribution in [0.2, 0.25) is 0 Å². The number of hydrogen-bond donors (Lipinski definition) is 1. The fraction of sp³-hybridized carbons (Fsp3) is 0.455. The zero-order valence-corrected chi connectivity index (χ0v) is 10.0. The van der Waals surface area contributed by atoms with Gasteiger partial charge in [0.05, 0.1) is 16.1 Å². The average molecular weight is 225 g/mol. The quantitative estimate of drug-likeness (QED) is 0.801. The summed E-state index contributed by atoms with van der Waals surface area (Å²) in [5.74, 6) is -0.858. The number of aryl methyl sites for hydroxylation is 2. The third kappa shape index (κ3) is 2.45. The van der Waals surface area contributed by atoms with E-state index in [2.05, 4.69) is 11.6 Å². The number of rotatable bonds is 4. The SMILES string of the molecule is C=CC(C)(Cc1nc(C)c(C)s1)C(=O)O. The van der Waals surface area contributed by atoms with Crippen LogP contribution in [0.1, 0.15) is 22.5 Å². The van der Waals surface area contributed by atoms with Crippen molar-refractivity contribution in [2.45, 2.75) is 27.2 Å². The first-order chi connectivity index (χ1) is 6.89. The first-order valence-electron chi connectivity index (χ1n) is 4.69. The van der Waals surface area contributed by atoms with Crippen molar-refractivity contribution in [3.05, 3.63) is 28.2 Å². The normalized spacial score (nSPS) is 14.6. The van der Waals surface area contributed by atoms with Crippen LogP contribution < -0.4 is 0 Å². The third-order valence-corrected chi connectivity index (χ3v) is 3.60. The summed E-state index contributed by atoms with van der Waals surface area (Å²) in [5.41, 5.74) is 0.0586. The van der Waals surface area contributed by atoms with Gasteiger partial charge in [0.25, 0.3) is 0 Å². The number of carbonyl (C=O) groups is 1. The molecule has 0 aromatic carbocycles. The molecule has 0 aliphatic rings. The van der Waals surface area contributed by atoms with Crippen molar-refractivity contribution in [1.82, 2.24) is 4.98 Å². The highest BCUT2D eigenvalue weighted by molar-refractivity contribution is 7.11. The molecule has 0 aliphatic heterocycles. The molecule has 1 N–H and O–H groups in total. The standard InChI is InChI=1S/C11H15NO2S/c1-5-11(4,10(13)14)6-9-12-7(2)8(3)15-9/h5H,1,6H2,2-4H3,(H,13,14). The van der Waals surface area contributed by atoms with E-state index in [1.165, 1.54) is 6.08 Å². The van der Waals surface area contributed by atoms with E-state index in [0.717, 1.165) is 15.6 Å². The minimum absolute atomic E-state index is 0.408. The van der Waals surface area contributed by atoms with Gasteiger partial charge in [-0.1, -0.05) is 6.08 Å². The molecule has 82 valence electrons. The Morgan fingerprint density at radius 2 is 2.27 bits per heavy atom. The van der Waals surface area contributed by atoms with E-state index in [4.69, 9.17) is 5.11 Å². The molecule has 1 atom stereocenters. The van der Waals surface area contributed by atoms with Gasteiger partial charge in [-0.25, -0.2) is 4.98 Å². The van der Waals surface area contributed by atoms with Gasteiger partial charge in [-0.15, -0.1) is 17.9 Å². The smallest absolute Gasteiger partial charge is 0.313 e. The lowest BCUT2D eigenvalue weighted by molar-refractivity contribution is -0.145. The summed E-state index contributed by atoms with van der Waals surface area (Å²) in [6.07, 6.45) is 1.88. The maximum Gasteiger partial charge on any atom is 0.313 e. The van der Waals surface area contributed by atoms with Crippen LogP contribution in [0.3, 0.4) is 0 Å². The number of thiazole rings is 1. The van der Waals surface area contributed by atoms with Crippen LogP contribution in [0.5, 0.6) is 0 Å². The molecule has 3 nitrogen and oxygen atoms in total. The molecule has 4 heteroatoms. The van der Waals surface area contributed by atoms with Gasteiger partial charge >= 0.3 is 5.97 Å². The second kappa shape index (κ2) is 4.14. The molecular weight excluding hydrogens is 210 g/mol. The van der Waals surface area contributed by atoms with E-state index >= 15 is 0 Å². The molecule has 0 aliphatic carbocycles. The average Bonchev–Trinajstić information content (AvgIpc) is 2.45. The van der Waals surface area contributed by atoms with E-state index < -0.39 is 11.4 Å². The zero-order chi connectivity index (χ0) is 11.6. The lowest BCUT2D eigenvalue weighted by Crippen LogP contribution is -2.27. The van der Waals surface area contributed by atoms with Crippen LogP contribution >= 0.6 is 11.3 Å². The molecule has 1 rings (SSSR count). The highest BCUT2D eigenvalue weighted by atomic mass is 32.1. The van der Waals surface area contributed by atoms with E-state index in [1.54, 1.807) is 18.3 Å². The van der Waals surface area contributed by atoms with Crippen molar-refractivity contribution in [3.63, 3.8) is 0 Å². The van der Waals surface area contributed by atoms with Crippen LogP contribution in [-0.2, 0) is 11.2 Å². The molecule has 0 bridgehead atoms. The minimum atomic E-state index is -0.920. The largest absolute Gasteiger partial charge is 0.481 e. The number of carboxylic acid groups (broad SMARTS) is 1. The Morgan fingerprint density at radius 1 is 1.67 bits per heavy atom. The van der Waals surface area contributed by atoms with Gasteiger partial charge in [0.15, 0.2) is 0 Å². The fourth-order valence-corrected chi connectivity index (χ4v) is 2.27. The topological polar surface area (TPSA) is 50.2 Å². The van der Waals surface area contributed by atoms with Crippen molar-refractivity contribution in [3.8, 4) is 0 Å². The van der Waals surface area contributed by atoms with Gasteiger partial charge in [0.1, 0.15) is 0 Å². The van der Waals surface area contributed by atoms with Crippen molar-refractivity contribution in [1.29, 1.82) is 0 Å². The van der Waals surface area contributed by atoms with E-state index in [-0.39, 0.29) is 0 Å². The van der Waals surface area contributed by atoms with Crippen LogP contribution in [-0.4, -0.2) is 16.1 Å². The monoisotopic (exact) mass is 225 g/mol. The summed E-state index contributed by atoms with van der Waals surface area (Å²) < 4.78 is 0. The summed E-state index contributed by atoms with van der Waals surface area (Å²) >= 11 is 1.55. The summed E-state index contributed by atoms with van der Waals surface area (Å²) in [7, 11) is 0. The highest BCUT2D eigenvalue weighted by Gasteiger charge is 2.31. The van der Waals surface area contributed by atoms with Gasteiger partial charge in [-0.2, -0.15) is 0 Å². The van der Waals surface area contributed by atoms with E-state index in [9.17, 15) is 4.79 Å². The van der Waals surface area contributed by atoms with E-state index in [0.29, 0.717) is 6.42 Å². The lowest BCUT2D eigenvalue weighted by atomic mass is 9.87. The van der Waals surface area contributed by atoms with Crippen molar-refractivity contribution >= 4 is 17.3 Å². The van der Waals surface area contributed by atoms with Gasteiger partial charge in [0, 0.05) is 11.3 Å². The molecule has 0 saturated heterocycles. The number of aliphatic carboxylic acids is 1. The van der Waals surface area contributed by atoms with Gasteiger partial charge in [-0.3, -0.25) is 4.79 Å². The van der Waals surface area contributed by atoms with Crippen molar-refractivity contribution < 1.29 is 9.90 Å². The Kier molecular flexibility index (Phi) is 3.29. The second-order valence-corrected chi connectivity index (χ2v) is 5.14. The zero-order valence-electron chi connectivity index (χ0n) is 9.20. The Labute approximate surface area is 93.5 Å². The number of carboxylic acids is 1. The van der Waals surface area contributed by atoms with Crippen LogP contribution in [0, 0.1) is 19.3 Å². The Hall–Kier alpha value is -1.16. The predicted molar refractivity (Wildman–Crippen MR) is 61.2 cm³/mol. The van der Waals surface area contributed by atoms with Gasteiger partial charge in [-0.05, 0) is 20.8 Å². The molecule has 0 spiro atoms. The van der Waals surface area contributed by atoms with Gasteiger partial charge < -0.3 is 5.11 Å². The Balaban J connectivity index is 2.93. The third-order valence-electron chi connectivity index (χ3n) is 2.53. The van der Waals surface area contributed by atoms with Crippen molar-refractivity contribution in [2.24, 2.45) is 5.41 Å². The van der Waals surface area contributed by atoms with Crippen molar-refractivity contribution in [2.75, 3.05) is 0 Å². The molecule has 0 fully saturated rings. The van der Waals surface area contributed by atoms with E-state index in [1.807, 2.05) is 13.8 Å². The molecule has 1 unspecified atom stereocenters. The summed E-state index contributed by atoms with van der Waals surface area (Å²) in [6, 6.07) is 0. The lowest BCUT2D eigenvalue weighted by Gasteiger charge is -2.18. The van der Waals surface area contributed by atoms with Gasteiger partial charge in [0.2, 0.25) is 0 Å². The first-order valence-corrected chi connectivity index (χ1v) is 5.50. The predicted octanol–water partition coefficient (Wildman–Crippen LogP) is 2.58. The molecular formula is C11H15NO2S. The Morgan fingerprint density at radius 3 is 2.60 bits per heavy atom. The Bertz CT molecular complexity index is 378. The maximum absolute atomic E-state index is 11.1. The highest BCUT2D eigenvalue weighted by Crippen LogP contribution is 2.27. The molecule has 15 heavy (non-hydrogen) atoms. The summed E-state index contributed by atoms with van der Waals surface area (Å²) in [6.45, 7) is 9.16. The molecule has 0 saturated carbocycles. The van der Waals surface area contributed by atoms with Crippen LogP contribution in [0.25, 0.3) is 0 Å².